The molecule has 1 saturated heterocycles. The van der Waals surface area contributed by atoms with Crippen LogP contribution in [0.25, 0.3) is 0 Å². The van der Waals surface area contributed by atoms with Crippen molar-refractivity contribution in [2.75, 3.05) is 13.1 Å². The van der Waals surface area contributed by atoms with Gasteiger partial charge in [-0.3, -0.25) is 0 Å². The standard InChI is InChI=1S/C17H25NO5S/c1-12-6-5-7-14(10-12)23-17(19)15-11-16(13(2)22-15)24(20,21)18-8-3-4-9-18/h11-12,14H,3-10H2,1-2H3. The Balaban J connectivity index is 1.74. The van der Waals surface area contributed by atoms with E-state index >= 15 is 0 Å². The molecule has 134 valence electrons. The summed E-state index contributed by atoms with van der Waals surface area (Å²) >= 11 is 0. The highest BCUT2D eigenvalue weighted by atomic mass is 32.2. The number of carbonyl (C=O) groups is 1. The Labute approximate surface area is 143 Å². The molecule has 0 amide bonds. The van der Waals surface area contributed by atoms with Gasteiger partial charge in [0.05, 0.1) is 0 Å². The van der Waals surface area contributed by atoms with Gasteiger partial charge in [0.25, 0.3) is 0 Å². The van der Waals surface area contributed by atoms with Crippen LogP contribution in [0.5, 0.6) is 0 Å². The van der Waals surface area contributed by atoms with Gasteiger partial charge >= 0.3 is 5.97 Å². The van der Waals surface area contributed by atoms with Gasteiger partial charge in [-0.15, -0.1) is 0 Å². The molecular formula is C17H25NO5S. The van der Waals surface area contributed by atoms with Gasteiger partial charge in [0, 0.05) is 19.2 Å². The Morgan fingerprint density at radius 3 is 2.62 bits per heavy atom. The summed E-state index contributed by atoms with van der Waals surface area (Å²) in [5.41, 5.74) is 0. The van der Waals surface area contributed by atoms with E-state index in [1.54, 1.807) is 6.92 Å². The Morgan fingerprint density at radius 1 is 1.25 bits per heavy atom. The average molecular weight is 355 g/mol. The summed E-state index contributed by atoms with van der Waals surface area (Å²) in [7, 11) is -3.59. The van der Waals surface area contributed by atoms with Crippen LogP contribution in [0.4, 0.5) is 0 Å². The van der Waals surface area contributed by atoms with E-state index < -0.39 is 16.0 Å². The van der Waals surface area contributed by atoms with Crippen LogP contribution in [0, 0.1) is 12.8 Å². The lowest BCUT2D eigenvalue weighted by molar-refractivity contribution is 0.0121. The predicted octanol–water partition coefficient (Wildman–Crippen LogP) is 3.11. The molecule has 1 aliphatic heterocycles. The first-order valence-corrected chi connectivity index (χ1v) is 10.1. The molecule has 1 aromatic heterocycles. The molecule has 1 saturated carbocycles. The van der Waals surface area contributed by atoms with E-state index in [0.29, 0.717) is 19.0 Å². The summed E-state index contributed by atoms with van der Waals surface area (Å²) in [4.78, 5) is 12.4. The van der Waals surface area contributed by atoms with E-state index in [-0.39, 0.29) is 22.5 Å². The van der Waals surface area contributed by atoms with E-state index in [2.05, 4.69) is 6.92 Å². The summed E-state index contributed by atoms with van der Waals surface area (Å²) in [5.74, 6) is 0.190. The van der Waals surface area contributed by atoms with E-state index in [1.807, 2.05) is 0 Å². The third kappa shape index (κ3) is 3.52. The SMILES string of the molecule is Cc1oc(C(=O)OC2CCCC(C)C2)cc1S(=O)(=O)N1CCCC1. The van der Waals surface area contributed by atoms with Crippen LogP contribution in [0.2, 0.25) is 0 Å². The summed E-state index contributed by atoms with van der Waals surface area (Å²) in [6, 6.07) is 1.32. The van der Waals surface area contributed by atoms with Gasteiger partial charge < -0.3 is 9.15 Å². The molecule has 2 atom stereocenters. The molecule has 2 heterocycles. The lowest BCUT2D eigenvalue weighted by atomic mass is 9.89. The van der Waals surface area contributed by atoms with Crippen LogP contribution < -0.4 is 0 Å². The van der Waals surface area contributed by atoms with Crippen molar-refractivity contribution < 1.29 is 22.4 Å². The zero-order chi connectivity index (χ0) is 17.3. The second-order valence-electron chi connectivity index (χ2n) is 6.94. The number of nitrogens with zero attached hydrogens (tertiary/aromatic N) is 1. The van der Waals surface area contributed by atoms with Gasteiger partial charge in [-0.1, -0.05) is 13.3 Å². The van der Waals surface area contributed by atoms with Crippen LogP contribution in [0.1, 0.15) is 61.8 Å². The fourth-order valence-corrected chi connectivity index (χ4v) is 5.26. The fourth-order valence-electron chi connectivity index (χ4n) is 3.58. The lowest BCUT2D eigenvalue weighted by Gasteiger charge is -2.26. The second-order valence-corrected chi connectivity index (χ2v) is 8.85. The van der Waals surface area contributed by atoms with E-state index in [0.717, 1.165) is 38.5 Å². The van der Waals surface area contributed by atoms with Crippen molar-refractivity contribution in [3.8, 4) is 0 Å². The van der Waals surface area contributed by atoms with Crippen LogP contribution in [-0.4, -0.2) is 37.9 Å². The molecule has 2 fully saturated rings. The molecule has 0 bridgehead atoms. The molecule has 0 spiro atoms. The van der Waals surface area contributed by atoms with Crippen molar-refractivity contribution in [3.05, 3.63) is 17.6 Å². The molecule has 0 aromatic carbocycles. The monoisotopic (exact) mass is 355 g/mol. The van der Waals surface area contributed by atoms with Crippen molar-refractivity contribution in [2.24, 2.45) is 5.92 Å². The molecule has 7 heteroatoms. The fraction of sp³-hybridized carbons (Fsp3) is 0.706. The highest BCUT2D eigenvalue weighted by Gasteiger charge is 2.32. The summed E-state index contributed by atoms with van der Waals surface area (Å²) < 4.78 is 37.6. The Bertz CT molecular complexity index is 703. The number of esters is 1. The topological polar surface area (TPSA) is 76.8 Å². The Hall–Kier alpha value is -1.34. The second kappa shape index (κ2) is 6.88. The number of carbonyl (C=O) groups excluding carboxylic acids is 1. The number of furan rings is 1. The molecular weight excluding hydrogens is 330 g/mol. The number of sulfonamides is 1. The third-order valence-corrected chi connectivity index (χ3v) is 6.92. The van der Waals surface area contributed by atoms with Crippen LogP contribution in [0.3, 0.4) is 0 Å². The molecule has 2 aliphatic rings. The molecule has 0 radical (unpaired) electrons. The first-order valence-electron chi connectivity index (χ1n) is 8.69. The van der Waals surface area contributed by atoms with Crippen LogP contribution >= 0.6 is 0 Å². The van der Waals surface area contributed by atoms with Crippen molar-refractivity contribution in [1.29, 1.82) is 0 Å². The molecule has 24 heavy (non-hydrogen) atoms. The van der Waals surface area contributed by atoms with E-state index in [1.165, 1.54) is 10.4 Å². The van der Waals surface area contributed by atoms with Gasteiger partial charge in [-0.2, -0.15) is 4.31 Å². The van der Waals surface area contributed by atoms with Gasteiger partial charge in [0.1, 0.15) is 16.8 Å². The highest BCUT2D eigenvalue weighted by Crippen LogP contribution is 2.29. The van der Waals surface area contributed by atoms with Crippen molar-refractivity contribution in [2.45, 2.75) is 63.4 Å². The number of aryl methyl sites for hydroxylation is 1. The minimum absolute atomic E-state index is 0.0245. The first kappa shape index (κ1) is 17.5. The van der Waals surface area contributed by atoms with Gasteiger partial charge in [-0.05, 0) is 44.9 Å². The lowest BCUT2D eigenvalue weighted by Crippen LogP contribution is -2.28. The quantitative estimate of drug-likeness (QED) is 0.776. The summed E-state index contributed by atoms with van der Waals surface area (Å²) in [5, 5.41) is 0. The first-order chi connectivity index (χ1) is 11.4. The third-order valence-electron chi connectivity index (χ3n) is 4.92. The maximum absolute atomic E-state index is 12.6. The number of ether oxygens (including phenoxy) is 1. The van der Waals surface area contributed by atoms with Gasteiger partial charge in [0.2, 0.25) is 15.8 Å². The molecule has 1 aromatic rings. The van der Waals surface area contributed by atoms with Gasteiger partial charge in [-0.25, -0.2) is 13.2 Å². The maximum Gasteiger partial charge on any atom is 0.374 e. The average Bonchev–Trinajstić information content (AvgIpc) is 3.17. The molecule has 3 rings (SSSR count). The van der Waals surface area contributed by atoms with Crippen molar-refractivity contribution in [3.63, 3.8) is 0 Å². The molecule has 0 N–H and O–H groups in total. The summed E-state index contributed by atoms with van der Waals surface area (Å²) in [6.45, 7) is 4.76. The van der Waals surface area contributed by atoms with E-state index in [4.69, 9.17) is 9.15 Å². The zero-order valence-electron chi connectivity index (χ0n) is 14.3. The maximum atomic E-state index is 12.6. The number of rotatable bonds is 4. The van der Waals surface area contributed by atoms with Crippen molar-refractivity contribution in [1.82, 2.24) is 4.31 Å². The van der Waals surface area contributed by atoms with E-state index in [9.17, 15) is 13.2 Å². The van der Waals surface area contributed by atoms with Crippen LogP contribution in [-0.2, 0) is 14.8 Å². The highest BCUT2D eigenvalue weighted by molar-refractivity contribution is 7.89. The smallest absolute Gasteiger partial charge is 0.374 e. The zero-order valence-corrected chi connectivity index (χ0v) is 15.1. The predicted molar refractivity (Wildman–Crippen MR) is 88.3 cm³/mol. The minimum atomic E-state index is -3.59. The van der Waals surface area contributed by atoms with Crippen LogP contribution in [0.15, 0.2) is 15.4 Å². The number of hydrogen-bond acceptors (Lipinski definition) is 5. The summed E-state index contributed by atoms with van der Waals surface area (Å²) in [6.07, 6.45) is 5.54. The van der Waals surface area contributed by atoms with Gasteiger partial charge in [0.15, 0.2) is 0 Å². The Morgan fingerprint density at radius 2 is 1.96 bits per heavy atom. The minimum Gasteiger partial charge on any atom is -0.457 e. The molecule has 1 aliphatic carbocycles. The largest absolute Gasteiger partial charge is 0.457 e. The Kier molecular flexibility index (Phi) is 5.01. The number of hydrogen-bond donors (Lipinski definition) is 0. The molecule has 2 unspecified atom stereocenters. The normalized spacial score (nSPS) is 25.8. The van der Waals surface area contributed by atoms with Crippen molar-refractivity contribution >= 4 is 16.0 Å². The molecule has 6 nitrogen and oxygen atoms in total.